The second-order valence-corrected chi connectivity index (χ2v) is 5.05. The lowest BCUT2D eigenvalue weighted by atomic mass is 10.2. The molecule has 0 atom stereocenters. The second kappa shape index (κ2) is 6.48. The van der Waals surface area contributed by atoms with Crippen LogP contribution in [0, 0.1) is 12.7 Å². The maximum Gasteiger partial charge on any atom is 0.246 e. The van der Waals surface area contributed by atoms with Gasteiger partial charge in [-0.05, 0) is 48.9 Å². The van der Waals surface area contributed by atoms with Crippen molar-refractivity contribution in [3.63, 3.8) is 0 Å². The van der Waals surface area contributed by atoms with E-state index in [2.05, 4.69) is 15.5 Å². The number of methoxy groups -OCH3 is 1. The van der Waals surface area contributed by atoms with Crippen LogP contribution in [0.15, 0.2) is 47.0 Å². The van der Waals surface area contributed by atoms with Gasteiger partial charge < -0.3 is 14.6 Å². The number of hydrogen-bond donors (Lipinski definition) is 1. The fourth-order valence-electron chi connectivity index (χ4n) is 2.14. The monoisotopic (exact) mass is 313 g/mol. The lowest BCUT2D eigenvalue weighted by Gasteiger charge is -2.06. The van der Waals surface area contributed by atoms with Crippen molar-refractivity contribution in [1.29, 1.82) is 0 Å². The fraction of sp³-hybridized carbons (Fsp3) is 0.176. The van der Waals surface area contributed by atoms with Crippen molar-refractivity contribution in [3.05, 3.63) is 59.7 Å². The minimum atomic E-state index is -0.289. The molecule has 0 saturated heterocycles. The van der Waals surface area contributed by atoms with Crippen LogP contribution in [0.1, 0.15) is 11.5 Å². The van der Waals surface area contributed by atoms with Crippen molar-refractivity contribution < 1.29 is 13.7 Å². The van der Waals surface area contributed by atoms with E-state index < -0.39 is 0 Å². The maximum absolute atomic E-state index is 13.3. The molecular weight excluding hydrogens is 297 g/mol. The van der Waals surface area contributed by atoms with Crippen LogP contribution in [0.5, 0.6) is 5.75 Å². The van der Waals surface area contributed by atoms with Gasteiger partial charge in [0, 0.05) is 11.3 Å². The Bertz CT molecular complexity index is 800. The molecule has 0 radical (unpaired) electrons. The Labute approximate surface area is 133 Å². The zero-order valence-electron chi connectivity index (χ0n) is 12.8. The molecule has 0 fully saturated rings. The Kier molecular flexibility index (Phi) is 4.23. The Morgan fingerprint density at radius 2 is 1.96 bits per heavy atom. The Hall–Kier alpha value is -2.89. The normalized spacial score (nSPS) is 10.6. The van der Waals surface area contributed by atoms with Gasteiger partial charge in [0.05, 0.1) is 13.7 Å². The molecule has 5 nitrogen and oxygen atoms in total. The highest BCUT2D eigenvalue weighted by atomic mass is 19.1. The van der Waals surface area contributed by atoms with Gasteiger partial charge in [-0.25, -0.2) is 4.39 Å². The third-order valence-electron chi connectivity index (χ3n) is 3.45. The molecule has 1 heterocycles. The topological polar surface area (TPSA) is 60.2 Å². The molecule has 0 spiro atoms. The summed E-state index contributed by atoms with van der Waals surface area (Å²) in [5, 5.41) is 7.05. The van der Waals surface area contributed by atoms with Crippen molar-refractivity contribution >= 4 is 5.69 Å². The average molecular weight is 313 g/mol. The summed E-state index contributed by atoms with van der Waals surface area (Å²) >= 11 is 0. The van der Waals surface area contributed by atoms with Gasteiger partial charge in [-0.3, -0.25) is 0 Å². The molecule has 0 amide bonds. The molecule has 1 aromatic heterocycles. The third-order valence-corrected chi connectivity index (χ3v) is 3.45. The number of hydrogen-bond acceptors (Lipinski definition) is 5. The molecule has 3 rings (SSSR count). The first-order chi connectivity index (χ1) is 11.2. The van der Waals surface area contributed by atoms with Crippen molar-refractivity contribution in [1.82, 2.24) is 10.1 Å². The quantitative estimate of drug-likeness (QED) is 0.776. The lowest BCUT2D eigenvalue weighted by Crippen LogP contribution is -2.01. The lowest BCUT2D eigenvalue weighted by molar-refractivity contribution is 0.384. The smallest absolute Gasteiger partial charge is 0.246 e. The van der Waals surface area contributed by atoms with Crippen LogP contribution in [-0.4, -0.2) is 17.3 Å². The van der Waals surface area contributed by atoms with Gasteiger partial charge >= 0.3 is 0 Å². The highest BCUT2D eigenvalue weighted by Crippen LogP contribution is 2.21. The zero-order valence-corrected chi connectivity index (χ0v) is 12.8. The molecule has 1 N–H and O–H groups in total. The molecule has 0 bridgehead atoms. The van der Waals surface area contributed by atoms with Crippen LogP contribution in [0.4, 0.5) is 10.1 Å². The first-order valence-electron chi connectivity index (χ1n) is 7.13. The Morgan fingerprint density at radius 1 is 1.17 bits per heavy atom. The van der Waals surface area contributed by atoms with Crippen molar-refractivity contribution in [3.8, 4) is 17.1 Å². The zero-order chi connectivity index (χ0) is 16.2. The summed E-state index contributed by atoms with van der Waals surface area (Å²) in [6, 6.07) is 12.0. The van der Waals surface area contributed by atoms with Crippen LogP contribution in [0.25, 0.3) is 11.4 Å². The second-order valence-electron chi connectivity index (χ2n) is 5.05. The summed E-state index contributed by atoms with van der Waals surface area (Å²) in [4.78, 5) is 4.33. The van der Waals surface area contributed by atoms with Crippen LogP contribution in [0.3, 0.4) is 0 Å². The molecule has 2 aromatic carbocycles. The maximum atomic E-state index is 13.3. The number of nitrogens with zero attached hydrogens (tertiary/aromatic N) is 2. The van der Waals surface area contributed by atoms with Crippen LogP contribution in [-0.2, 0) is 6.54 Å². The molecular formula is C17H16FN3O2. The number of anilines is 1. The third kappa shape index (κ3) is 3.48. The van der Waals surface area contributed by atoms with Gasteiger partial charge in [0.25, 0.3) is 0 Å². The molecule has 0 aliphatic rings. The van der Waals surface area contributed by atoms with Gasteiger partial charge in [0.15, 0.2) is 0 Å². The van der Waals surface area contributed by atoms with Gasteiger partial charge in [-0.1, -0.05) is 11.2 Å². The Morgan fingerprint density at radius 3 is 2.70 bits per heavy atom. The van der Waals surface area contributed by atoms with Crippen molar-refractivity contribution in [2.75, 3.05) is 12.4 Å². The first kappa shape index (κ1) is 15.0. The summed E-state index contributed by atoms with van der Waals surface area (Å²) in [6.45, 7) is 2.23. The number of nitrogens with one attached hydrogen (secondary N) is 1. The van der Waals surface area contributed by atoms with Gasteiger partial charge in [0.1, 0.15) is 11.6 Å². The number of ether oxygens (including phenoxy) is 1. The van der Waals surface area contributed by atoms with E-state index in [1.807, 2.05) is 31.2 Å². The molecule has 118 valence electrons. The highest BCUT2D eigenvalue weighted by molar-refractivity contribution is 5.55. The molecule has 6 heteroatoms. The van der Waals surface area contributed by atoms with Gasteiger partial charge in [0.2, 0.25) is 11.7 Å². The van der Waals surface area contributed by atoms with E-state index in [1.54, 1.807) is 13.2 Å². The number of rotatable bonds is 5. The molecule has 23 heavy (non-hydrogen) atoms. The number of halogens is 1. The molecule has 0 unspecified atom stereocenters. The Balaban J connectivity index is 1.70. The molecule has 0 aliphatic heterocycles. The molecule has 0 saturated carbocycles. The predicted octanol–water partition coefficient (Wildman–Crippen LogP) is 3.80. The van der Waals surface area contributed by atoms with Crippen LogP contribution >= 0.6 is 0 Å². The van der Waals surface area contributed by atoms with E-state index in [1.165, 1.54) is 12.1 Å². The van der Waals surface area contributed by atoms with Crippen LogP contribution < -0.4 is 10.1 Å². The van der Waals surface area contributed by atoms with Gasteiger partial charge in [-0.15, -0.1) is 0 Å². The summed E-state index contributed by atoms with van der Waals surface area (Å²) in [6.07, 6.45) is 0. The summed E-state index contributed by atoms with van der Waals surface area (Å²) in [5.41, 5.74) is 2.48. The van der Waals surface area contributed by atoms with E-state index in [4.69, 9.17) is 9.26 Å². The van der Waals surface area contributed by atoms with Gasteiger partial charge in [-0.2, -0.15) is 4.98 Å². The molecule has 0 aliphatic carbocycles. The molecule has 3 aromatic rings. The largest absolute Gasteiger partial charge is 0.497 e. The van der Waals surface area contributed by atoms with Crippen molar-refractivity contribution in [2.45, 2.75) is 13.5 Å². The number of benzene rings is 2. The minimum Gasteiger partial charge on any atom is -0.497 e. The van der Waals surface area contributed by atoms with E-state index in [0.717, 1.165) is 16.9 Å². The standard InChI is InChI=1S/C17H16FN3O2/c1-11-3-6-13(18)9-15(11)19-10-16-20-17(21-23-16)12-4-7-14(22-2)8-5-12/h3-9,19H,10H2,1-2H3. The first-order valence-corrected chi connectivity index (χ1v) is 7.13. The number of aryl methyl sites for hydroxylation is 1. The average Bonchev–Trinajstić information content (AvgIpc) is 3.05. The highest BCUT2D eigenvalue weighted by Gasteiger charge is 2.09. The summed E-state index contributed by atoms with van der Waals surface area (Å²) < 4.78 is 23.6. The number of aromatic nitrogens is 2. The minimum absolute atomic E-state index is 0.289. The summed E-state index contributed by atoms with van der Waals surface area (Å²) in [7, 11) is 1.61. The SMILES string of the molecule is COc1ccc(-c2noc(CNc3cc(F)ccc3C)n2)cc1. The van der Waals surface area contributed by atoms with Crippen molar-refractivity contribution in [2.24, 2.45) is 0 Å². The van der Waals surface area contributed by atoms with E-state index >= 15 is 0 Å². The predicted molar refractivity (Wildman–Crippen MR) is 84.7 cm³/mol. The van der Waals surface area contributed by atoms with E-state index in [9.17, 15) is 4.39 Å². The summed E-state index contributed by atoms with van der Waals surface area (Å²) in [5.74, 6) is 1.41. The van der Waals surface area contributed by atoms with E-state index in [0.29, 0.717) is 23.9 Å². The van der Waals surface area contributed by atoms with E-state index in [-0.39, 0.29) is 5.82 Å². The fourth-order valence-corrected chi connectivity index (χ4v) is 2.14. The van der Waals surface area contributed by atoms with Crippen LogP contribution in [0.2, 0.25) is 0 Å².